The molecule has 214 valence electrons. The van der Waals surface area contributed by atoms with Crippen LogP contribution in [-0.4, -0.2) is 38.6 Å². The van der Waals surface area contributed by atoms with Gasteiger partial charge in [-0.25, -0.2) is 4.39 Å². The van der Waals surface area contributed by atoms with Crippen molar-refractivity contribution in [1.82, 2.24) is 4.98 Å². The van der Waals surface area contributed by atoms with Crippen LogP contribution in [0, 0.1) is 11.7 Å². The number of rotatable bonds is 12. The molecule has 1 aliphatic rings. The lowest BCUT2D eigenvalue weighted by molar-refractivity contribution is -0.115. The third kappa shape index (κ3) is 7.84. The van der Waals surface area contributed by atoms with Gasteiger partial charge in [-0.3, -0.25) is 0 Å². The number of anilines is 1. The quantitative estimate of drug-likeness (QED) is 0.171. The molecule has 41 heavy (non-hydrogen) atoms. The summed E-state index contributed by atoms with van der Waals surface area (Å²) in [5.74, 6) is 1.07. The zero-order valence-corrected chi connectivity index (χ0v) is 23.7. The van der Waals surface area contributed by atoms with Crippen LogP contribution >= 0.6 is 0 Å². The van der Waals surface area contributed by atoms with Crippen LogP contribution in [0.4, 0.5) is 10.1 Å². The normalized spacial score (nSPS) is 13.9. The Bertz CT molecular complexity index is 1370. The van der Waals surface area contributed by atoms with E-state index in [4.69, 9.17) is 23.9 Å². The Morgan fingerprint density at radius 1 is 0.805 bits per heavy atom. The number of pyridine rings is 1. The number of piperidine rings is 1. The summed E-state index contributed by atoms with van der Waals surface area (Å²) in [6.45, 7) is 2.41. The van der Waals surface area contributed by atoms with E-state index in [-0.39, 0.29) is 12.1 Å². The SMILES string of the molecule is COC(CC1CCN(c2cc(F)cc(-c3ccc(OCc4ccccc4)nc3OCc3ccccc3)c2)CC1)OC. The summed E-state index contributed by atoms with van der Waals surface area (Å²) in [7, 11) is 3.35. The molecule has 0 radical (unpaired) electrons. The molecule has 1 aliphatic heterocycles. The van der Waals surface area contributed by atoms with E-state index in [0.717, 1.165) is 49.2 Å². The summed E-state index contributed by atoms with van der Waals surface area (Å²) in [5, 5.41) is 0. The Kier molecular flexibility index (Phi) is 9.83. The first-order valence-electron chi connectivity index (χ1n) is 14.1. The van der Waals surface area contributed by atoms with Crippen molar-refractivity contribution in [3.63, 3.8) is 0 Å². The van der Waals surface area contributed by atoms with Crippen LogP contribution < -0.4 is 14.4 Å². The lowest BCUT2D eigenvalue weighted by atomic mass is 9.92. The summed E-state index contributed by atoms with van der Waals surface area (Å²) in [6.07, 6.45) is 2.67. The fourth-order valence-electron chi connectivity index (χ4n) is 5.19. The molecule has 4 aromatic rings. The molecule has 0 saturated carbocycles. The predicted molar refractivity (Wildman–Crippen MR) is 159 cm³/mol. The summed E-state index contributed by atoms with van der Waals surface area (Å²) < 4.78 is 38.0. The molecule has 7 heteroatoms. The van der Waals surface area contributed by atoms with Crippen LogP contribution in [0.5, 0.6) is 11.8 Å². The average molecular weight is 557 g/mol. The van der Waals surface area contributed by atoms with Crippen molar-refractivity contribution in [1.29, 1.82) is 0 Å². The molecule has 6 nitrogen and oxygen atoms in total. The third-order valence-corrected chi connectivity index (χ3v) is 7.51. The van der Waals surface area contributed by atoms with E-state index in [1.165, 1.54) is 6.07 Å². The van der Waals surface area contributed by atoms with Gasteiger partial charge in [-0.2, -0.15) is 4.98 Å². The van der Waals surface area contributed by atoms with Gasteiger partial charge >= 0.3 is 0 Å². The van der Waals surface area contributed by atoms with Crippen LogP contribution in [0.15, 0.2) is 91.0 Å². The fourth-order valence-corrected chi connectivity index (χ4v) is 5.19. The van der Waals surface area contributed by atoms with Crippen molar-refractivity contribution in [2.75, 3.05) is 32.2 Å². The molecule has 1 aromatic heterocycles. The molecule has 5 rings (SSSR count). The maximum absolute atomic E-state index is 15.0. The lowest BCUT2D eigenvalue weighted by Gasteiger charge is -2.34. The molecule has 0 bridgehead atoms. The molecule has 0 N–H and O–H groups in total. The van der Waals surface area contributed by atoms with Crippen molar-refractivity contribution in [3.05, 3.63) is 108 Å². The highest BCUT2D eigenvalue weighted by molar-refractivity contribution is 5.73. The fraction of sp³-hybridized carbons (Fsp3) is 0.324. The second kappa shape index (κ2) is 14.1. The number of ether oxygens (including phenoxy) is 4. The first-order valence-corrected chi connectivity index (χ1v) is 14.1. The van der Waals surface area contributed by atoms with Crippen molar-refractivity contribution in [3.8, 4) is 22.9 Å². The standard InChI is InChI=1S/C34H37FN2O4/c1-38-33(39-2)19-25-15-17-37(18-16-25)30-21-28(20-29(35)22-30)31-13-14-32(40-23-26-9-5-3-6-10-26)36-34(31)41-24-27-11-7-4-8-12-27/h3-14,20-22,25,33H,15-19,23-24H2,1-2H3. The monoisotopic (exact) mass is 556 g/mol. The molecule has 0 aliphatic carbocycles. The Labute approximate surface area is 241 Å². The minimum absolute atomic E-state index is 0.186. The van der Waals surface area contributed by atoms with Gasteiger partial charge in [0.1, 0.15) is 19.0 Å². The molecule has 3 aromatic carbocycles. The van der Waals surface area contributed by atoms with Gasteiger partial charge in [0.15, 0.2) is 6.29 Å². The highest BCUT2D eigenvalue weighted by Crippen LogP contribution is 2.35. The first-order chi connectivity index (χ1) is 20.1. The molecule has 0 spiro atoms. The number of halogens is 1. The number of hydrogen-bond donors (Lipinski definition) is 0. The van der Waals surface area contributed by atoms with Crippen molar-refractivity contribution in [2.24, 2.45) is 5.92 Å². The van der Waals surface area contributed by atoms with Crippen LogP contribution in [0.25, 0.3) is 11.1 Å². The van der Waals surface area contributed by atoms with Gasteiger partial charge in [0.25, 0.3) is 0 Å². The molecule has 2 heterocycles. The Morgan fingerprint density at radius 3 is 2.07 bits per heavy atom. The molecule has 1 fully saturated rings. The number of aromatic nitrogens is 1. The first kappa shape index (κ1) is 28.6. The molecule has 1 saturated heterocycles. The van der Waals surface area contributed by atoms with Gasteiger partial charge in [0.2, 0.25) is 11.8 Å². The number of methoxy groups -OCH3 is 2. The van der Waals surface area contributed by atoms with E-state index >= 15 is 4.39 Å². The van der Waals surface area contributed by atoms with Crippen molar-refractivity contribution >= 4 is 5.69 Å². The van der Waals surface area contributed by atoms with Gasteiger partial charge < -0.3 is 23.8 Å². The second-order valence-corrected chi connectivity index (χ2v) is 10.3. The molecular formula is C34H37FN2O4. The molecule has 0 amide bonds. The topological polar surface area (TPSA) is 53.1 Å². The highest BCUT2D eigenvalue weighted by Gasteiger charge is 2.24. The summed E-state index contributed by atoms with van der Waals surface area (Å²) in [4.78, 5) is 6.94. The van der Waals surface area contributed by atoms with Crippen molar-refractivity contribution in [2.45, 2.75) is 38.8 Å². The van der Waals surface area contributed by atoms with Gasteiger partial charge in [-0.1, -0.05) is 60.7 Å². The predicted octanol–water partition coefficient (Wildman–Crippen LogP) is 7.27. The van der Waals surface area contributed by atoms with Crippen LogP contribution in [-0.2, 0) is 22.7 Å². The summed E-state index contributed by atoms with van der Waals surface area (Å²) in [5.41, 5.74) is 4.34. The zero-order chi connectivity index (χ0) is 28.4. The van der Waals surface area contributed by atoms with Gasteiger partial charge in [0, 0.05) is 51.0 Å². The smallest absolute Gasteiger partial charge is 0.225 e. The van der Waals surface area contributed by atoms with Crippen molar-refractivity contribution < 1.29 is 23.3 Å². The van der Waals surface area contributed by atoms with Crippen LogP contribution in [0.3, 0.4) is 0 Å². The van der Waals surface area contributed by atoms with Gasteiger partial charge in [0.05, 0.1) is 0 Å². The third-order valence-electron chi connectivity index (χ3n) is 7.51. The van der Waals surface area contributed by atoms with E-state index in [1.54, 1.807) is 20.3 Å². The number of benzene rings is 3. The molecular weight excluding hydrogens is 519 g/mol. The summed E-state index contributed by atoms with van der Waals surface area (Å²) >= 11 is 0. The Balaban J connectivity index is 1.36. The molecule has 0 unspecified atom stereocenters. The van der Waals surface area contributed by atoms with Gasteiger partial charge in [-0.15, -0.1) is 0 Å². The van der Waals surface area contributed by atoms with E-state index < -0.39 is 0 Å². The van der Waals surface area contributed by atoms with Gasteiger partial charge in [-0.05, 0) is 59.7 Å². The average Bonchev–Trinajstić information content (AvgIpc) is 3.02. The van der Waals surface area contributed by atoms with E-state index in [9.17, 15) is 0 Å². The van der Waals surface area contributed by atoms with Crippen LogP contribution in [0.1, 0.15) is 30.4 Å². The minimum Gasteiger partial charge on any atom is -0.473 e. The largest absolute Gasteiger partial charge is 0.473 e. The maximum Gasteiger partial charge on any atom is 0.225 e. The van der Waals surface area contributed by atoms with Crippen LogP contribution in [0.2, 0.25) is 0 Å². The minimum atomic E-state index is -0.295. The highest BCUT2D eigenvalue weighted by atomic mass is 19.1. The Hall–Kier alpha value is -3.94. The maximum atomic E-state index is 15.0. The van der Waals surface area contributed by atoms with E-state index in [2.05, 4.69) is 4.90 Å². The lowest BCUT2D eigenvalue weighted by Crippen LogP contribution is -2.35. The summed E-state index contributed by atoms with van der Waals surface area (Å²) in [6, 6.07) is 28.7. The van der Waals surface area contributed by atoms with E-state index in [0.29, 0.717) is 42.0 Å². The number of hydrogen-bond acceptors (Lipinski definition) is 6. The second-order valence-electron chi connectivity index (χ2n) is 10.3. The molecule has 0 atom stereocenters. The Morgan fingerprint density at radius 2 is 1.44 bits per heavy atom. The zero-order valence-electron chi connectivity index (χ0n) is 23.7. The van der Waals surface area contributed by atoms with E-state index in [1.807, 2.05) is 78.9 Å². The number of nitrogens with zero attached hydrogens (tertiary/aromatic N) is 2.